The second kappa shape index (κ2) is 2.80. The summed E-state index contributed by atoms with van der Waals surface area (Å²) in [5.74, 6) is 0.193. The molecule has 0 bridgehead atoms. The number of hydrogen-bond acceptors (Lipinski definition) is 2. The Hall–Kier alpha value is -1.41. The van der Waals surface area contributed by atoms with Crippen LogP contribution in [0.5, 0.6) is 0 Å². The molecule has 0 saturated carbocycles. The molecule has 0 amide bonds. The van der Waals surface area contributed by atoms with Crippen molar-refractivity contribution in [3.8, 4) is 10.4 Å². The zero-order valence-electron chi connectivity index (χ0n) is 8.63. The number of fused-ring (bicyclic) bond motifs is 3. The average molecular weight is 214 g/mol. The molecule has 0 fully saturated rings. The molecule has 74 valence electrons. The molecule has 1 aromatic heterocycles. The van der Waals surface area contributed by atoms with Gasteiger partial charge in [-0.1, -0.05) is 11.6 Å². The van der Waals surface area contributed by atoms with Crippen LogP contribution < -0.4 is 0 Å². The van der Waals surface area contributed by atoms with Gasteiger partial charge in [-0.3, -0.25) is 4.79 Å². The van der Waals surface area contributed by atoms with Gasteiger partial charge >= 0.3 is 0 Å². The van der Waals surface area contributed by atoms with E-state index in [1.54, 1.807) is 11.3 Å². The highest BCUT2D eigenvalue weighted by atomic mass is 32.1. The maximum atomic E-state index is 12.1. The summed E-state index contributed by atoms with van der Waals surface area (Å²) in [5, 5.41) is 1.99. The maximum absolute atomic E-state index is 12.1. The van der Waals surface area contributed by atoms with Gasteiger partial charge in [-0.25, -0.2) is 0 Å². The van der Waals surface area contributed by atoms with Gasteiger partial charge in [0.1, 0.15) is 0 Å². The molecule has 2 heteroatoms. The molecule has 2 aromatic rings. The van der Waals surface area contributed by atoms with Crippen molar-refractivity contribution in [2.45, 2.75) is 13.8 Å². The van der Waals surface area contributed by atoms with Crippen LogP contribution >= 0.6 is 11.3 Å². The van der Waals surface area contributed by atoms with Crippen LogP contribution in [0.2, 0.25) is 0 Å². The lowest BCUT2D eigenvalue weighted by Gasteiger charge is -2.04. The normalized spacial score (nSPS) is 12.8. The summed E-state index contributed by atoms with van der Waals surface area (Å²) >= 11 is 1.66. The molecular formula is C13H10OS. The van der Waals surface area contributed by atoms with E-state index in [1.807, 2.05) is 18.4 Å². The van der Waals surface area contributed by atoms with Crippen LogP contribution in [0.1, 0.15) is 27.0 Å². The van der Waals surface area contributed by atoms with Crippen molar-refractivity contribution in [1.82, 2.24) is 0 Å². The van der Waals surface area contributed by atoms with Crippen molar-refractivity contribution < 1.29 is 4.79 Å². The Morgan fingerprint density at radius 2 is 1.93 bits per heavy atom. The first-order valence-corrected chi connectivity index (χ1v) is 5.80. The average Bonchev–Trinajstić information content (AvgIpc) is 2.70. The Balaban J connectivity index is 2.43. The number of hydrogen-bond donors (Lipinski definition) is 0. The second-order valence-corrected chi connectivity index (χ2v) is 4.91. The fraction of sp³-hybridized carbons (Fsp3) is 0.154. The second-order valence-electron chi connectivity index (χ2n) is 4.00. The van der Waals surface area contributed by atoms with Crippen LogP contribution in [-0.2, 0) is 0 Å². The predicted octanol–water partition coefficient (Wildman–Crippen LogP) is 3.58. The molecule has 0 saturated heterocycles. The van der Waals surface area contributed by atoms with E-state index in [4.69, 9.17) is 0 Å². The summed E-state index contributed by atoms with van der Waals surface area (Å²) in [7, 11) is 0. The molecule has 1 heterocycles. The first-order chi connectivity index (χ1) is 7.18. The first kappa shape index (κ1) is 8.86. The summed E-state index contributed by atoms with van der Waals surface area (Å²) < 4.78 is 0. The molecular weight excluding hydrogens is 204 g/mol. The van der Waals surface area contributed by atoms with Crippen LogP contribution in [0.4, 0.5) is 0 Å². The van der Waals surface area contributed by atoms with Crippen molar-refractivity contribution in [3.63, 3.8) is 0 Å². The monoisotopic (exact) mass is 214 g/mol. The standard InChI is InChI=1S/C13H10OS/c1-7-5-8(2)11-10(6-7)13-9(12(11)14)3-4-15-13/h3-6H,1-2H3. The van der Waals surface area contributed by atoms with Crippen LogP contribution in [0.3, 0.4) is 0 Å². The Labute approximate surface area is 92.4 Å². The van der Waals surface area contributed by atoms with Crippen molar-refractivity contribution in [2.24, 2.45) is 0 Å². The van der Waals surface area contributed by atoms with Gasteiger partial charge < -0.3 is 0 Å². The zero-order valence-corrected chi connectivity index (χ0v) is 9.44. The summed E-state index contributed by atoms with van der Waals surface area (Å²) in [6.07, 6.45) is 0. The highest BCUT2D eigenvalue weighted by Crippen LogP contribution is 2.42. The Kier molecular flexibility index (Phi) is 1.65. The van der Waals surface area contributed by atoms with E-state index in [-0.39, 0.29) is 5.78 Å². The van der Waals surface area contributed by atoms with Crippen LogP contribution in [-0.4, -0.2) is 5.78 Å². The Morgan fingerprint density at radius 3 is 2.73 bits per heavy atom. The third-order valence-electron chi connectivity index (χ3n) is 2.86. The third kappa shape index (κ3) is 1.05. The molecule has 1 aromatic carbocycles. The molecule has 3 rings (SSSR count). The zero-order chi connectivity index (χ0) is 10.6. The lowest BCUT2D eigenvalue weighted by atomic mass is 10.0. The molecule has 1 aliphatic rings. The van der Waals surface area contributed by atoms with E-state index < -0.39 is 0 Å². The minimum Gasteiger partial charge on any atom is -0.289 e. The van der Waals surface area contributed by atoms with E-state index in [0.29, 0.717) is 0 Å². The van der Waals surface area contributed by atoms with Gasteiger partial charge in [0.05, 0.1) is 0 Å². The number of ketones is 1. The van der Waals surface area contributed by atoms with E-state index in [0.717, 1.165) is 27.1 Å². The maximum Gasteiger partial charge on any atom is 0.195 e. The molecule has 0 aliphatic heterocycles. The lowest BCUT2D eigenvalue weighted by Crippen LogP contribution is -1.97. The number of carbonyl (C=O) groups excluding carboxylic acids is 1. The minimum atomic E-state index is 0.193. The van der Waals surface area contributed by atoms with Gasteiger partial charge in [0.2, 0.25) is 0 Å². The number of aryl methyl sites for hydroxylation is 2. The van der Waals surface area contributed by atoms with E-state index in [2.05, 4.69) is 19.1 Å². The fourth-order valence-corrected chi connectivity index (χ4v) is 3.20. The summed E-state index contributed by atoms with van der Waals surface area (Å²) in [6, 6.07) is 6.12. The topological polar surface area (TPSA) is 17.1 Å². The minimum absolute atomic E-state index is 0.193. The summed E-state index contributed by atoms with van der Waals surface area (Å²) in [4.78, 5) is 13.2. The molecule has 0 unspecified atom stereocenters. The molecule has 15 heavy (non-hydrogen) atoms. The number of carbonyl (C=O) groups is 1. The van der Waals surface area contributed by atoms with Crippen LogP contribution in [0, 0.1) is 13.8 Å². The van der Waals surface area contributed by atoms with Crippen molar-refractivity contribution in [2.75, 3.05) is 0 Å². The largest absolute Gasteiger partial charge is 0.289 e. The highest BCUT2D eigenvalue weighted by molar-refractivity contribution is 7.14. The number of benzene rings is 1. The van der Waals surface area contributed by atoms with Gasteiger partial charge in [0.15, 0.2) is 5.78 Å². The van der Waals surface area contributed by atoms with Crippen molar-refractivity contribution >= 4 is 17.1 Å². The number of thiophene rings is 1. The summed E-state index contributed by atoms with van der Waals surface area (Å²) in [5.41, 5.74) is 5.23. The van der Waals surface area contributed by atoms with Gasteiger partial charge in [-0.05, 0) is 36.9 Å². The Bertz CT molecular complexity index is 578. The van der Waals surface area contributed by atoms with Gasteiger partial charge in [0.25, 0.3) is 0 Å². The van der Waals surface area contributed by atoms with Gasteiger partial charge in [0, 0.05) is 21.6 Å². The van der Waals surface area contributed by atoms with E-state index >= 15 is 0 Å². The summed E-state index contributed by atoms with van der Waals surface area (Å²) in [6.45, 7) is 4.09. The smallest absolute Gasteiger partial charge is 0.195 e. The lowest BCUT2D eigenvalue weighted by molar-refractivity contribution is 0.104. The third-order valence-corrected chi connectivity index (χ3v) is 3.81. The van der Waals surface area contributed by atoms with Crippen LogP contribution in [0.25, 0.3) is 10.4 Å². The van der Waals surface area contributed by atoms with Gasteiger partial charge in [-0.2, -0.15) is 0 Å². The molecule has 0 spiro atoms. The van der Waals surface area contributed by atoms with Crippen molar-refractivity contribution in [3.05, 3.63) is 45.8 Å². The quantitative estimate of drug-likeness (QED) is 0.559. The molecule has 1 aliphatic carbocycles. The first-order valence-electron chi connectivity index (χ1n) is 4.92. The SMILES string of the molecule is Cc1cc(C)c2c(c1)-c1sccc1C2=O. The van der Waals surface area contributed by atoms with Crippen molar-refractivity contribution in [1.29, 1.82) is 0 Å². The van der Waals surface area contributed by atoms with Crippen LogP contribution in [0.15, 0.2) is 23.6 Å². The Morgan fingerprint density at radius 1 is 1.13 bits per heavy atom. The van der Waals surface area contributed by atoms with Gasteiger partial charge in [-0.15, -0.1) is 11.3 Å². The number of rotatable bonds is 0. The molecule has 0 atom stereocenters. The fourth-order valence-electron chi connectivity index (χ4n) is 2.28. The predicted molar refractivity (Wildman–Crippen MR) is 62.7 cm³/mol. The van der Waals surface area contributed by atoms with E-state index in [1.165, 1.54) is 5.56 Å². The molecule has 0 N–H and O–H groups in total. The molecule has 0 radical (unpaired) electrons. The molecule has 1 nitrogen and oxygen atoms in total. The highest BCUT2D eigenvalue weighted by Gasteiger charge is 2.29. The van der Waals surface area contributed by atoms with E-state index in [9.17, 15) is 4.79 Å².